The summed E-state index contributed by atoms with van der Waals surface area (Å²) < 4.78 is 15.8. The molecule has 0 atom stereocenters. The topological polar surface area (TPSA) is 98.1 Å². The largest absolute Gasteiger partial charge is 0.456 e. The standard InChI is InChI=1S/C19H16N2O6S/c1-11-2-4-14(27-11)17(22)20-6-7-21-18(23)16(28-19(21)24)9-12-3-5-13-15(8-12)26-10-25-13/h2-5,8-9H,6-7,10H2,1H3,(H,20,22)/b16-9-. The van der Waals surface area contributed by atoms with Crippen molar-refractivity contribution in [2.45, 2.75) is 6.92 Å². The summed E-state index contributed by atoms with van der Waals surface area (Å²) in [5.41, 5.74) is 0.733. The average Bonchev–Trinajstić information content (AvgIpc) is 3.37. The second-order valence-corrected chi connectivity index (χ2v) is 7.11. The van der Waals surface area contributed by atoms with E-state index in [9.17, 15) is 14.4 Å². The fraction of sp³-hybridized carbons (Fsp3) is 0.211. The lowest BCUT2D eigenvalue weighted by Gasteiger charge is -2.12. The van der Waals surface area contributed by atoms with Crippen molar-refractivity contribution in [1.29, 1.82) is 0 Å². The van der Waals surface area contributed by atoms with E-state index in [1.807, 2.05) is 0 Å². The van der Waals surface area contributed by atoms with E-state index in [1.165, 1.54) is 0 Å². The molecule has 3 amide bonds. The van der Waals surface area contributed by atoms with E-state index < -0.39 is 11.8 Å². The van der Waals surface area contributed by atoms with Gasteiger partial charge in [0.05, 0.1) is 4.91 Å². The van der Waals surface area contributed by atoms with Gasteiger partial charge in [0.2, 0.25) is 6.79 Å². The van der Waals surface area contributed by atoms with Gasteiger partial charge in [-0.1, -0.05) is 6.07 Å². The van der Waals surface area contributed by atoms with Gasteiger partial charge in [-0.05, 0) is 54.6 Å². The van der Waals surface area contributed by atoms with E-state index in [0.29, 0.717) is 22.2 Å². The van der Waals surface area contributed by atoms with Crippen LogP contribution in [0.5, 0.6) is 11.5 Å². The summed E-state index contributed by atoms with van der Waals surface area (Å²) in [6, 6.07) is 8.55. The lowest BCUT2D eigenvalue weighted by molar-refractivity contribution is -0.122. The van der Waals surface area contributed by atoms with E-state index in [-0.39, 0.29) is 30.9 Å². The number of imide groups is 1. The SMILES string of the molecule is Cc1ccc(C(=O)NCCN2C(=O)S/C(=C\c3ccc4c(c3)OCO4)C2=O)o1. The number of carbonyl (C=O) groups excluding carboxylic acids is 3. The fourth-order valence-corrected chi connectivity index (χ4v) is 3.64. The van der Waals surface area contributed by atoms with Crippen LogP contribution in [0, 0.1) is 6.92 Å². The number of ether oxygens (including phenoxy) is 2. The normalized spacial score (nSPS) is 16.9. The van der Waals surface area contributed by atoms with Gasteiger partial charge in [-0.25, -0.2) is 0 Å². The molecule has 2 aromatic rings. The number of furan rings is 1. The van der Waals surface area contributed by atoms with E-state index >= 15 is 0 Å². The fourth-order valence-electron chi connectivity index (χ4n) is 2.77. The molecule has 0 spiro atoms. The highest BCUT2D eigenvalue weighted by Gasteiger charge is 2.34. The number of rotatable bonds is 5. The minimum Gasteiger partial charge on any atom is -0.456 e. The summed E-state index contributed by atoms with van der Waals surface area (Å²) in [7, 11) is 0. The summed E-state index contributed by atoms with van der Waals surface area (Å²) in [5.74, 6) is 1.28. The van der Waals surface area contributed by atoms with Crippen molar-refractivity contribution in [2.75, 3.05) is 19.9 Å². The van der Waals surface area contributed by atoms with Crippen LogP contribution in [-0.2, 0) is 4.79 Å². The maximum Gasteiger partial charge on any atom is 0.293 e. The molecule has 0 saturated carbocycles. The van der Waals surface area contributed by atoms with E-state index in [0.717, 1.165) is 22.2 Å². The van der Waals surface area contributed by atoms with Gasteiger partial charge in [-0.3, -0.25) is 19.3 Å². The first kappa shape index (κ1) is 18.2. The van der Waals surface area contributed by atoms with Gasteiger partial charge in [0, 0.05) is 13.1 Å². The van der Waals surface area contributed by atoms with Crippen LogP contribution in [-0.4, -0.2) is 41.8 Å². The lowest BCUT2D eigenvalue weighted by Crippen LogP contribution is -2.37. The third-order valence-corrected chi connectivity index (χ3v) is 5.06. The van der Waals surface area contributed by atoms with Crippen molar-refractivity contribution in [2.24, 2.45) is 0 Å². The molecular weight excluding hydrogens is 384 g/mol. The van der Waals surface area contributed by atoms with Crippen molar-refractivity contribution in [1.82, 2.24) is 10.2 Å². The zero-order valence-electron chi connectivity index (χ0n) is 14.9. The Morgan fingerprint density at radius 3 is 2.82 bits per heavy atom. The van der Waals surface area contributed by atoms with E-state index in [2.05, 4.69) is 5.32 Å². The maximum atomic E-state index is 12.5. The Kier molecular flexibility index (Phi) is 4.82. The smallest absolute Gasteiger partial charge is 0.293 e. The molecule has 1 aromatic heterocycles. The molecule has 0 aliphatic carbocycles. The van der Waals surface area contributed by atoms with E-state index in [1.54, 1.807) is 43.3 Å². The van der Waals surface area contributed by atoms with Crippen molar-refractivity contribution in [3.63, 3.8) is 0 Å². The van der Waals surface area contributed by atoms with Crippen LogP contribution in [0.15, 0.2) is 39.7 Å². The van der Waals surface area contributed by atoms with Crippen LogP contribution in [0.25, 0.3) is 6.08 Å². The molecule has 1 aromatic carbocycles. The Bertz CT molecular complexity index is 996. The third kappa shape index (κ3) is 3.61. The summed E-state index contributed by atoms with van der Waals surface area (Å²) in [4.78, 5) is 38.1. The number of nitrogens with one attached hydrogen (secondary N) is 1. The Balaban J connectivity index is 1.38. The highest BCUT2D eigenvalue weighted by molar-refractivity contribution is 8.18. The number of benzene rings is 1. The molecule has 0 radical (unpaired) electrons. The Labute approximate surface area is 164 Å². The number of hydrogen-bond acceptors (Lipinski definition) is 7. The van der Waals surface area contributed by atoms with Gasteiger partial charge < -0.3 is 19.2 Å². The second-order valence-electron chi connectivity index (χ2n) is 6.11. The van der Waals surface area contributed by atoms with Gasteiger partial charge in [0.25, 0.3) is 17.1 Å². The Morgan fingerprint density at radius 2 is 2.04 bits per heavy atom. The molecule has 1 N–H and O–H groups in total. The van der Waals surface area contributed by atoms with Crippen molar-refractivity contribution in [3.05, 3.63) is 52.3 Å². The van der Waals surface area contributed by atoms with Crippen LogP contribution in [0.4, 0.5) is 4.79 Å². The molecule has 8 nitrogen and oxygen atoms in total. The second kappa shape index (κ2) is 7.43. The predicted molar refractivity (Wildman–Crippen MR) is 101 cm³/mol. The molecule has 1 saturated heterocycles. The minimum atomic E-state index is -0.393. The van der Waals surface area contributed by atoms with Crippen LogP contribution in [0.3, 0.4) is 0 Å². The van der Waals surface area contributed by atoms with Gasteiger partial charge >= 0.3 is 0 Å². The number of hydrogen-bond donors (Lipinski definition) is 1. The first-order valence-corrected chi connectivity index (χ1v) is 9.32. The minimum absolute atomic E-state index is 0.0780. The first-order chi connectivity index (χ1) is 13.5. The zero-order chi connectivity index (χ0) is 19.7. The predicted octanol–water partition coefficient (Wildman–Crippen LogP) is 2.78. The molecule has 0 bridgehead atoms. The number of aryl methyl sites for hydroxylation is 1. The number of nitrogens with zero attached hydrogens (tertiary/aromatic N) is 1. The van der Waals surface area contributed by atoms with E-state index in [4.69, 9.17) is 13.9 Å². The lowest BCUT2D eigenvalue weighted by atomic mass is 10.2. The summed E-state index contributed by atoms with van der Waals surface area (Å²) >= 11 is 0.864. The summed E-state index contributed by atoms with van der Waals surface area (Å²) in [5, 5.41) is 2.26. The Morgan fingerprint density at radius 1 is 1.21 bits per heavy atom. The Hall–Kier alpha value is -3.20. The highest BCUT2D eigenvalue weighted by Crippen LogP contribution is 2.36. The van der Waals surface area contributed by atoms with Gasteiger partial charge in [0.1, 0.15) is 5.76 Å². The molecule has 3 heterocycles. The summed E-state index contributed by atoms with van der Waals surface area (Å²) in [6.45, 7) is 2.12. The third-order valence-electron chi connectivity index (χ3n) is 4.15. The zero-order valence-corrected chi connectivity index (χ0v) is 15.7. The maximum absolute atomic E-state index is 12.5. The van der Waals surface area contributed by atoms with Crippen molar-refractivity contribution in [3.8, 4) is 11.5 Å². The molecule has 2 aliphatic heterocycles. The molecule has 2 aliphatic rings. The molecule has 1 fully saturated rings. The number of amides is 3. The van der Waals surface area contributed by atoms with Crippen LogP contribution in [0.1, 0.15) is 21.9 Å². The van der Waals surface area contributed by atoms with Crippen LogP contribution >= 0.6 is 11.8 Å². The van der Waals surface area contributed by atoms with Crippen LogP contribution in [0.2, 0.25) is 0 Å². The number of thioether (sulfide) groups is 1. The molecule has 9 heteroatoms. The quantitative estimate of drug-likeness (QED) is 0.771. The first-order valence-electron chi connectivity index (χ1n) is 8.51. The van der Waals surface area contributed by atoms with Gasteiger partial charge in [-0.2, -0.15) is 0 Å². The highest BCUT2D eigenvalue weighted by atomic mass is 32.2. The number of fused-ring (bicyclic) bond motifs is 1. The van der Waals surface area contributed by atoms with Crippen molar-refractivity contribution < 1.29 is 28.3 Å². The summed E-state index contributed by atoms with van der Waals surface area (Å²) in [6.07, 6.45) is 1.64. The van der Waals surface area contributed by atoms with Gasteiger partial charge in [-0.15, -0.1) is 0 Å². The molecular formula is C19H16N2O6S. The van der Waals surface area contributed by atoms with Crippen molar-refractivity contribution >= 4 is 34.9 Å². The molecule has 144 valence electrons. The average molecular weight is 400 g/mol. The van der Waals surface area contributed by atoms with Crippen LogP contribution < -0.4 is 14.8 Å². The monoisotopic (exact) mass is 400 g/mol. The number of carbonyl (C=O) groups is 3. The molecule has 28 heavy (non-hydrogen) atoms. The molecule has 0 unspecified atom stereocenters. The molecule has 4 rings (SSSR count). The van der Waals surface area contributed by atoms with Gasteiger partial charge in [0.15, 0.2) is 17.3 Å².